The molecule has 0 fully saturated rings. The third kappa shape index (κ3) is 3.66. The van der Waals surface area contributed by atoms with Crippen molar-refractivity contribution in [3.8, 4) is 0 Å². The van der Waals surface area contributed by atoms with E-state index in [-0.39, 0.29) is 0 Å². The van der Waals surface area contributed by atoms with Gasteiger partial charge in [0, 0.05) is 18.6 Å². The summed E-state index contributed by atoms with van der Waals surface area (Å²) in [5.74, 6) is 0. The second-order valence-electron chi connectivity index (χ2n) is 3.74. The van der Waals surface area contributed by atoms with Gasteiger partial charge in [-0.05, 0) is 24.6 Å². The Balaban J connectivity index is 2.68. The Bertz CT molecular complexity index is 297. The maximum atomic E-state index is 9.89. The van der Waals surface area contributed by atoms with E-state index < -0.39 is 5.60 Å². The first-order valence-electron chi connectivity index (χ1n) is 4.49. The molecule has 2 nitrogen and oxygen atoms in total. The quantitative estimate of drug-likeness (QED) is 0.834. The average molecular weight is 215 g/mol. The van der Waals surface area contributed by atoms with E-state index in [2.05, 4.69) is 0 Å². The minimum Gasteiger partial charge on any atom is -0.387 e. The molecule has 0 saturated heterocycles. The zero-order valence-electron chi connectivity index (χ0n) is 8.46. The van der Waals surface area contributed by atoms with Gasteiger partial charge in [0.1, 0.15) is 0 Å². The van der Waals surface area contributed by atoms with Crippen LogP contribution >= 0.6 is 11.6 Å². The molecular formula is C11H15ClO2. The number of ether oxygens (including phenoxy) is 1. The lowest BCUT2D eigenvalue weighted by Gasteiger charge is -2.22. The molecule has 0 bridgehead atoms. The van der Waals surface area contributed by atoms with Crippen LogP contribution in [-0.2, 0) is 11.2 Å². The van der Waals surface area contributed by atoms with Crippen LogP contribution in [-0.4, -0.2) is 24.4 Å². The highest BCUT2D eigenvalue weighted by molar-refractivity contribution is 6.30. The Morgan fingerprint density at radius 1 is 1.50 bits per heavy atom. The van der Waals surface area contributed by atoms with Gasteiger partial charge in [0.2, 0.25) is 0 Å². The topological polar surface area (TPSA) is 29.5 Å². The predicted molar refractivity (Wildman–Crippen MR) is 57.7 cm³/mol. The summed E-state index contributed by atoms with van der Waals surface area (Å²) in [7, 11) is 1.58. The summed E-state index contributed by atoms with van der Waals surface area (Å²) in [6.45, 7) is 2.07. The highest BCUT2D eigenvalue weighted by Gasteiger charge is 2.20. The molecule has 1 rings (SSSR count). The SMILES string of the molecule is COCC(C)(O)Cc1cccc(Cl)c1. The van der Waals surface area contributed by atoms with Gasteiger partial charge in [0.05, 0.1) is 12.2 Å². The zero-order valence-corrected chi connectivity index (χ0v) is 9.21. The Kier molecular flexibility index (Phi) is 3.93. The molecule has 0 amide bonds. The van der Waals surface area contributed by atoms with Gasteiger partial charge >= 0.3 is 0 Å². The molecule has 0 heterocycles. The van der Waals surface area contributed by atoms with E-state index in [0.29, 0.717) is 18.1 Å². The first-order valence-corrected chi connectivity index (χ1v) is 4.87. The Labute approximate surface area is 89.5 Å². The maximum absolute atomic E-state index is 9.89. The third-order valence-corrected chi connectivity index (χ3v) is 2.16. The zero-order chi connectivity index (χ0) is 10.6. The van der Waals surface area contributed by atoms with Crippen molar-refractivity contribution in [2.24, 2.45) is 0 Å². The summed E-state index contributed by atoms with van der Waals surface area (Å²) >= 11 is 5.84. The van der Waals surface area contributed by atoms with Gasteiger partial charge in [-0.1, -0.05) is 23.7 Å². The standard InChI is InChI=1S/C11H15ClO2/c1-11(13,8-14-2)7-9-4-3-5-10(12)6-9/h3-6,13H,7-8H2,1-2H3. The van der Waals surface area contributed by atoms with Crippen LogP contribution in [0.25, 0.3) is 0 Å². The molecule has 0 aliphatic rings. The summed E-state index contributed by atoms with van der Waals surface area (Å²) in [6.07, 6.45) is 0.543. The van der Waals surface area contributed by atoms with Gasteiger partial charge in [0.15, 0.2) is 0 Å². The number of halogens is 1. The van der Waals surface area contributed by atoms with Crippen molar-refractivity contribution in [2.45, 2.75) is 18.9 Å². The van der Waals surface area contributed by atoms with Crippen LogP contribution in [0, 0.1) is 0 Å². The van der Waals surface area contributed by atoms with Crippen molar-refractivity contribution in [2.75, 3.05) is 13.7 Å². The predicted octanol–water partition coefficient (Wildman–Crippen LogP) is 2.28. The Hall–Kier alpha value is -0.570. The molecule has 0 radical (unpaired) electrons. The van der Waals surface area contributed by atoms with Crippen LogP contribution < -0.4 is 0 Å². The molecule has 14 heavy (non-hydrogen) atoms. The minimum atomic E-state index is -0.834. The van der Waals surface area contributed by atoms with Gasteiger partial charge in [-0.2, -0.15) is 0 Å². The van der Waals surface area contributed by atoms with Gasteiger partial charge in [-0.25, -0.2) is 0 Å². The summed E-state index contributed by atoms with van der Waals surface area (Å²) in [6, 6.07) is 7.48. The van der Waals surface area contributed by atoms with Gasteiger partial charge < -0.3 is 9.84 Å². The molecule has 0 spiro atoms. The minimum absolute atomic E-state index is 0.319. The average Bonchev–Trinajstić information content (AvgIpc) is 2.02. The molecule has 0 aliphatic carbocycles. The van der Waals surface area contributed by atoms with Crippen molar-refractivity contribution in [3.05, 3.63) is 34.9 Å². The molecule has 78 valence electrons. The maximum Gasteiger partial charge on any atom is 0.0892 e. The van der Waals surface area contributed by atoms with Crippen LogP contribution in [0.1, 0.15) is 12.5 Å². The normalized spacial score (nSPS) is 15.1. The molecule has 0 saturated carbocycles. The second kappa shape index (κ2) is 4.78. The van der Waals surface area contributed by atoms with Crippen LogP contribution in [0.2, 0.25) is 5.02 Å². The van der Waals surface area contributed by atoms with Gasteiger partial charge in [0.25, 0.3) is 0 Å². The van der Waals surface area contributed by atoms with Crippen molar-refractivity contribution in [1.29, 1.82) is 0 Å². The highest BCUT2D eigenvalue weighted by Crippen LogP contribution is 2.17. The fourth-order valence-electron chi connectivity index (χ4n) is 1.45. The first kappa shape index (κ1) is 11.5. The second-order valence-corrected chi connectivity index (χ2v) is 4.17. The molecular weight excluding hydrogens is 200 g/mol. The Morgan fingerprint density at radius 2 is 2.21 bits per heavy atom. The van der Waals surface area contributed by atoms with E-state index in [1.54, 1.807) is 14.0 Å². The number of hydrogen-bond donors (Lipinski definition) is 1. The van der Waals surface area contributed by atoms with Crippen molar-refractivity contribution in [1.82, 2.24) is 0 Å². The molecule has 1 unspecified atom stereocenters. The molecule has 3 heteroatoms. The molecule has 1 atom stereocenters. The smallest absolute Gasteiger partial charge is 0.0892 e. The largest absolute Gasteiger partial charge is 0.387 e. The fourth-order valence-corrected chi connectivity index (χ4v) is 1.66. The molecule has 1 aromatic carbocycles. The highest BCUT2D eigenvalue weighted by atomic mass is 35.5. The van der Waals surface area contributed by atoms with E-state index in [1.807, 2.05) is 24.3 Å². The van der Waals surface area contributed by atoms with E-state index in [0.717, 1.165) is 5.56 Å². The van der Waals surface area contributed by atoms with E-state index in [1.165, 1.54) is 0 Å². The van der Waals surface area contributed by atoms with Gasteiger partial charge in [-0.15, -0.1) is 0 Å². The number of benzene rings is 1. The summed E-state index contributed by atoms with van der Waals surface area (Å²) in [5, 5.41) is 10.6. The number of hydrogen-bond acceptors (Lipinski definition) is 2. The van der Waals surface area contributed by atoms with Crippen LogP contribution in [0.3, 0.4) is 0 Å². The number of aliphatic hydroxyl groups is 1. The van der Waals surface area contributed by atoms with Crippen LogP contribution in [0.15, 0.2) is 24.3 Å². The molecule has 0 aliphatic heterocycles. The lowest BCUT2D eigenvalue weighted by atomic mass is 9.97. The summed E-state index contributed by atoms with van der Waals surface area (Å²) in [5.41, 5.74) is 0.180. The van der Waals surface area contributed by atoms with Crippen molar-refractivity contribution >= 4 is 11.6 Å². The molecule has 0 aromatic heterocycles. The summed E-state index contributed by atoms with van der Waals surface area (Å²) < 4.78 is 4.93. The molecule has 1 aromatic rings. The lowest BCUT2D eigenvalue weighted by molar-refractivity contribution is -0.0161. The van der Waals surface area contributed by atoms with Crippen LogP contribution in [0.5, 0.6) is 0 Å². The third-order valence-electron chi connectivity index (χ3n) is 1.93. The lowest BCUT2D eigenvalue weighted by Crippen LogP contribution is -2.32. The number of methoxy groups -OCH3 is 1. The van der Waals surface area contributed by atoms with Crippen molar-refractivity contribution < 1.29 is 9.84 Å². The van der Waals surface area contributed by atoms with Crippen molar-refractivity contribution in [3.63, 3.8) is 0 Å². The van der Waals surface area contributed by atoms with E-state index in [4.69, 9.17) is 16.3 Å². The van der Waals surface area contributed by atoms with E-state index >= 15 is 0 Å². The van der Waals surface area contributed by atoms with E-state index in [9.17, 15) is 5.11 Å². The monoisotopic (exact) mass is 214 g/mol. The van der Waals surface area contributed by atoms with Crippen LogP contribution in [0.4, 0.5) is 0 Å². The fraction of sp³-hybridized carbons (Fsp3) is 0.455. The Morgan fingerprint density at radius 3 is 2.79 bits per heavy atom. The van der Waals surface area contributed by atoms with Gasteiger partial charge in [-0.3, -0.25) is 0 Å². The first-order chi connectivity index (χ1) is 6.53. The summed E-state index contributed by atoms with van der Waals surface area (Å²) in [4.78, 5) is 0. The molecule has 1 N–H and O–H groups in total. The number of rotatable bonds is 4.